The van der Waals surface area contributed by atoms with Gasteiger partial charge < -0.3 is 14.5 Å². The average Bonchev–Trinajstić information content (AvgIpc) is 3.40. The molecule has 0 aliphatic rings. The van der Waals surface area contributed by atoms with Crippen molar-refractivity contribution in [3.8, 4) is 5.75 Å². The topological polar surface area (TPSA) is 69.3 Å². The van der Waals surface area contributed by atoms with E-state index in [0.29, 0.717) is 27.8 Å². The van der Waals surface area contributed by atoms with Gasteiger partial charge >= 0.3 is 0 Å². The van der Waals surface area contributed by atoms with Crippen molar-refractivity contribution in [2.45, 2.75) is 13.2 Å². The first-order valence-electron chi connectivity index (χ1n) is 9.22. The Labute approximate surface area is 190 Å². The van der Waals surface area contributed by atoms with Gasteiger partial charge in [-0.15, -0.1) is 0 Å². The van der Waals surface area contributed by atoms with E-state index in [1.54, 1.807) is 24.4 Å². The normalized spacial score (nSPS) is 10.8. The van der Waals surface area contributed by atoms with Gasteiger partial charge in [0.2, 0.25) is 0 Å². The lowest BCUT2D eigenvalue weighted by Crippen LogP contribution is -2.10. The highest BCUT2D eigenvalue weighted by Crippen LogP contribution is 2.21. The molecule has 2 aromatic heterocycles. The minimum atomic E-state index is -0.432. The predicted molar refractivity (Wildman–Crippen MR) is 118 cm³/mol. The number of anilines is 1. The summed E-state index contributed by atoms with van der Waals surface area (Å²) in [6.45, 7) is 0.329. The van der Waals surface area contributed by atoms with Crippen LogP contribution in [0, 0.1) is 5.82 Å². The van der Waals surface area contributed by atoms with E-state index in [1.165, 1.54) is 23.0 Å². The van der Waals surface area contributed by atoms with Crippen LogP contribution >= 0.6 is 27.5 Å². The van der Waals surface area contributed by atoms with Gasteiger partial charge in [0, 0.05) is 21.3 Å². The zero-order valence-corrected chi connectivity index (χ0v) is 18.4. The molecule has 31 heavy (non-hydrogen) atoms. The Hall–Kier alpha value is -3.10. The van der Waals surface area contributed by atoms with Crippen LogP contribution in [-0.2, 0) is 13.2 Å². The molecule has 1 amide bonds. The predicted octanol–water partition coefficient (Wildman–Crippen LogP) is 5.91. The number of halogens is 3. The molecule has 0 fully saturated rings. The van der Waals surface area contributed by atoms with E-state index in [2.05, 4.69) is 26.3 Å². The van der Waals surface area contributed by atoms with Crippen LogP contribution in [0.4, 0.5) is 10.1 Å². The Balaban J connectivity index is 1.35. The monoisotopic (exact) mass is 503 g/mol. The van der Waals surface area contributed by atoms with Crippen LogP contribution in [0.25, 0.3) is 0 Å². The van der Waals surface area contributed by atoms with Gasteiger partial charge in [0.15, 0.2) is 5.76 Å². The Morgan fingerprint density at radius 1 is 1.19 bits per heavy atom. The molecular weight excluding hydrogens is 489 g/mol. The number of rotatable bonds is 7. The molecule has 0 spiro atoms. The number of hydrogen-bond donors (Lipinski definition) is 1. The van der Waals surface area contributed by atoms with Crippen LogP contribution in [-0.4, -0.2) is 15.7 Å². The second kappa shape index (κ2) is 9.36. The first-order chi connectivity index (χ1) is 15.0. The number of ether oxygens (including phenoxy) is 1. The molecule has 4 aromatic rings. The van der Waals surface area contributed by atoms with E-state index in [9.17, 15) is 9.18 Å². The van der Waals surface area contributed by atoms with Gasteiger partial charge in [0.05, 0.1) is 18.4 Å². The van der Waals surface area contributed by atoms with Crippen LogP contribution in [0.1, 0.15) is 21.9 Å². The van der Waals surface area contributed by atoms with E-state index in [-0.39, 0.29) is 18.9 Å². The molecular formula is C22H16BrClFN3O3. The molecule has 0 atom stereocenters. The molecule has 0 radical (unpaired) electrons. The number of furan rings is 1. The smallest absolute Gasteiger partial charge is 0.291 e. The number of aromatic nitrogens is 2. The first-order valence-corrected chi connectivity index (χ1v) is 10.4. The van der Waals surface area contributed by atoms with E-state index < -0.39 is 11.7 Å². The average molecular weight is 505 g/mol. The fourth-order valence-electron chi connectivity index (χ4n) is 2.82. The van der Waals surface area contributed by atoms with Crippen LogP contribution < -0.4 is 10.1 Å². The molecule has 2 heterocycles. The molecule has 0 saturated carbocycles. The number of nitrogens with one attached hydrogen (secondary N) is 1. The number of carbonyl (C=O) groups is 1. The third-order valence-corrected chi connectivity index (χ3v) is 5.24. The fraction of sp³-hybridized carbons (Fsp3) is 0.0909. The van der Waals surface area contributed by atoms with Crippen molar-refractivity contribution in [1.82, 2.24) is 9.78 Å². The highest BCUT2D eigenvalue weighted by Gasteiger charge is 2.14. The largest absolute Gasteiger partial charge is 0.486 e. The summed E-state index contributed by atoms with van der Waals surface area (Å²) >= 11 is 9.41. The maximum Gasteiger partial charge on any atom is 0.291 e. The van der Waals surface area contributed by atoms with Crippen molar-refractivity contribution in [2.75, 3.05) is 5.32 Å². The van der Waals surface area contributed by atoms with Crippen LogP contribution in [0.5, 0.6) is 5.75 Å². The third kappa shape index (κ3) is 5.34. The summed E-state index contributed by atoms with van der Waals surface area (Å²) in [7, 11) is 0. The van der Waals surface area contributed by atoms with Crippen molar-refractivity contribution in [3.63, 3.8) is 0 Å². The summed E-state index contributed by atoms with van der Waals surface area (Å²) in [5.74, 6) is 0.491. The van der Waals surface area contributed by atoms with Crippen LogP contribution in [0.15, 0.2) is 75.9 Å². The molecule has 0 unspecified atom stereocenters. The molecule has 4 rings (SSSR count). The fourth-order valence-corrected chi connectivity index (χ4v) is 3.30. The van der Waals surface area contributed by atoms with Crippen molar-refractivity contribution in [1.29, 1.82) is 0 Å². The standard InChI is InChI=1S/C22H16BrClFN3O3/c23-14-4-6-16(7-5-14)30-13-17-8-9-21(31-17)22(29)27-15-10-26-28(11-15)12-18-19(24)2-1-3-20(18)25/h1-11H,12-13H2,(H,27,29). The van der Waals surface area contributed by atoms with Crippen molar-refractivity contribution in [2.24, 2.45) is 0 Å². The van der Waals surface area contributed by atoms with Gasteiger partial charge in [0.1, 0.15) is 23.9 Å². The molecule has 2 aromatic carbocycles. The third-order valence-electron chi connectivity index (χ3n) is 4.35. The Kier molecular flexibility index (Phi) is 6.39. The SMILES string of the molecule is O=C(Nc1cnn(Cc2c(F)cccc2Cl)c1)c1ccc(COc2ccc(Br)cc2)o1. The molecule has 0 saturated heterocycles. The molecule has 0 aliphatic heterocycles. The van der Waals surface area contributed by atoms with Crippen molar-refractivity contribution >= 4 is 39.1 Å². The van der Waals surface area contributed by atoms with E-state index in [1.807, 2.05) is 24.3 Å². The lowest BCUT2D eigenvalue weighted by Gasteiger charge is -2.05. The lowest BCUT2D eigenvalue weighted by molar-refractivity contribution is 0.0992. The zero-order chi connectivity index (χ0) is 21.8. The molecule has 158 valence electrons. The van der Waals surface area contributed by atoms with Gasteiger partial charge in [-0.25, -0.2) is 4.39 Å². The summed E-state index contributed by atoms with van der Waals surface area (Å²) in [6.07, 6.45) is 3.05. The number of benzene rings is 2. The maximum absolute atomic E-state index is 13.9. The van der Waals surface area contributed by atoms with E-state index in [0.717, 1.165) is 4.47 Å². The zero-order valence-electron chi connectivity index (χ0n) is 16.0. The Bertz CT molecular complexity index is 1190. The van der Waals surface area contributed by atoms with Gasteiger partial charge in [-0.05, 0) is 48.5 Å². The molecule has 9 heteroatoms. The molecule has 0 aliphatic carbocycles. The van der Waals surface area contributed by atoms with Gasteiger partial charge in [0.25, 0.3) is 5.91 Å². The van der Waals surface area contributed by atoms with Crippen molar-refractivity contribution in [3.05, 3.63) is 99.4 Å². The molecule has 6 nitrogen and oxygen atoms in total. The number of nitrogens with zero attached hydrogens (tertiary/aromatic N) is 2. The minimum Gasteiger partial charge on any atom is -0.486 e. The van der Waals surface area contributed by atoms with Gasteiger partial charge in [-0.1, -0.05) is 33.6 Å². The first kappa shape index (κ1) is 21.1. The number of hydrogen-bond acceptors (Lipinski definition) is 4. The number of carbonyl (C=O) groups excluding carboxylic acids is 1. The molecule has 0 bridgehead atoms. The summed E-state index contributed by atoms with van der Waals surface area (Å²) in [5.41, 5.74) is 0.771. The van der Waals surface area contributed by atoms with Gasteiger partial charge in [-0.2, -0.15) is 5.10 Å². The van der Waals surface area contributed by atoms with E-state index >= 15 is 0 Å². The summed E-state index contributed by atoms with van der Waals surface area (Å²) in [4.78, 5) is 12.4. The number of amides is 1. The maximum atomic E-state index is 13.9. The van der Waals surface area contributed by atoms with E-state index in [4.69, 9.17) is 20.8 Å². The van der Waals surface area contributed by atoms with Gasteiger partial charge in [-0.3, -0.25) is 9.48 Å². The van der Waals surface area contributed by atoms with Crippen LogP contribution in [0.2, 0.25) is 5.02 Å². The minimum absolute atomic E-state index is 0.138. The second-order valence-corrected chi connectivity index (χ2v) is 7.91. The summed E-state index contributed by atoms with van der Waals surface area (Å²) in [6, 6.07) is 15.1. The highest BCUT2D eigenvalue weighted by atomic mass is 79.9. The summed E-state index contributed by atoms with van der Waals surface area (Å²) in [5, 5.41) is 7.15. The lowest BCUT2D eigenvalue weighted by atomic mass is 10.2. The van der Waals surface area contributed by atoms with Crippen molar-refractivity contribution < 1.29 is 18.3 Å². The Morgan fingerprint density at radius 2 is 2.00 bits per heavy atom. The summed E-state index contributed by atoms with van der Waals surface area (Å²) < 4.78 is 27.6. The molecule has 1 N–H and O–H groups in total. The van der Waals surface area contributed by atoms with Crippen LogP contribution in [0.3, 0.4) is 0 Å². The highest BCUT2D eigenvalue weighted by molar-refractivity contribution is 9.10. The second-order valence-electron chi connectivity index (χ2n) is 6.59. The quantitative estimate of drug-likeness (QED) is 0.340. The Morgan fingerprint density at radius 3 is 2.77 bits per heavy atom.